The molecule has 0 radical (unpaired) electrons. The molecule has 0 saturated heterocycles. The minimum absolute atomic E-state index is 0.342. The molecule has 2 aliphatic rings. The number of halogens is 2. The fraction of sp³-hybridized carbons (Fsp3) is 0.385. The molecular formula is C26H26F2S. The lowest BCUT2D eigenvalue weighted by atomic mass is 9.94. The minimum atomic E-state index is -0.746. The lowest BCUT2D eigenvalue weighted by Gasteiger charge is -2.12. The first-order valence-corrected chi connectivity index (χ1v) is 11.7. The molecule has 2 aromatic carbocycles. The van der Waals surface area contributed by atoms with E-state index < -0.39 is 11.6 Å². The van der Waals surface area contributed by atoms with Crippen LogP contribution >= 0.6 is 11.3 Å². The number of rotatable bonds is 6. The van der Waals surface area contributed by atoms with Gasteiger partial charge in [0, 0.05) is 20.9 Å². The van der Waals surface area contributed by atoms with E-state index in [9.17, 15) is 8.78 Å². The largest absolute Gasteiger partial charge is 0.203 e. The van der Waals surface area contributed by atoms with Crippen molar-refractivity contribution in [3.05, 3.63) is 70.6 Å². The molecule has 0 nitrogen and oxygen atoms in total. The molecule has 2 saturated carbocycles. The van der Waals surface area contributed by atoms with Gasteiger partial charge in [0.25, 0.3) is 0 Å². The van der Waals surface area contributed by atoms with E-state index in [4.69, 9.17) is 0 Å². The molecule has 0 N–H and O–H groups in total. The van der Waals surface area contributed by atoms with Gasteiger partial charge in [0.2, 0.25) is 0 Å². The Kier molecular flexibility index (Phi) is 5.26. The Morgan fingerprint density at radius 1 is 0.759 bits per heavy atom. The maximum Gasteiger partial charge on any atom is 0.168 e. The first kappa shape index (κ1) is 19.0. The predicted molar refractivity (Wildman–Crippen MR) is 117 cm³/mol. The predicted octanol–water partition coefficient (Wildman–Crippen LogP) is 8.36. The van der Waals surface area contributed by atoms with Crippen LogP contribution in [0.4, 0.5) is 8.78 Å². The first-order chi connectivity index (χ1) is 14.2. The van der Waals surface area contributed by atoms with Crippen LogP contribution in [-0.4, -0.2) is 0 Å². The number of aryl methyl sites for hydroxylation is 1. The van der Waals surface area contributed by atoms with Gasteiger partial charge in [-0.2, -0.15) is 0 Å². The highest BCUT2D eigenvalue weighted by Gasteiger charge is 2.22. The summed E-state index contributed by atoms with van der Waals surface area (Å²) in [6, 6.07) is 15.5. The Hall–Kier alpha value is -2.00. The molecule has 1 heterocycles. The molecule has 0 amide bonds. The van der Waals surface area contributed by atoms with Gasteiger partial charge in [-0.1, -0.05) is 56.0 Å². The number of hydrogen-bond donors (Lipinski definition) is 0. The van der Waals surface area contributed by atoms with Crippen molar-refractivity contribution < 1.29 is 8.78 Å². The van der Waals surface area contributed by atoms with Gasteiger partial charge >= 0.3 is 0 Å². The van der Waals surface area contributed by atoms with E-state index >= 15 is 0 Å². The molecule has 3 heteroatoms. The normalized spacial score (nSPS) is 17.2. The summed E-state index contributed by atoms with van der Waals surface area (Å²) in [5.74, 6) is 0.0250. The van der Waals surface area contributed by atoms with E-state index in [1.807, 2.05) is 18.2 Å². The fourth-order valence-corrected chi connectivity index (χ4v) is 5.61. The van der Waals surface area contributed by atoms with Gasteiger partial charge in [-0.15, -0.1) is 11.3 Å². The van der Waals surface area contributed by atoms with Crippen LogP contribution in [0.15, 0.2) is 48.5 Å². The molecule has 0 bridgehead atoms. The van der Waals surface area contributed by atoms with Crippen molar-refractivity contribution in [2.24, 2.45) is 5.92 Å². The molecule has 0 spiro atoms. The van der Waals surface area contributed by atoms with E-state index in [1.165, 1.54) is 55.4 Å². The van der Waals surface area contributed by atoms with E-state index in [0.717, 1.165) is 22.8 Å². The highest BCUT2D eigenvalue weighted by molar-refractivity contribution is 7.15. The van der Waals surface area contributed by atoms with Crippen LogP contribution in [0, 0.1) is 17.6 Å². The van der Waals surface area contributed by atoms with E-state index in [2.05, 4.69) is 18.2 Å². The van der Waals surface area contributed by atoms with Crippen LogP contribution in [0.3, 0.4) is 0 Å². The summed E-state index contributed by atoms with van der Waals surface area (Å²) in [6.45, 7) is 0. The summed E-state index contributed by atoms with van der Waals surface area (Å²) < 4.78 is 29.9. The molecule has 5 rings (SSSR count). The zero-order valence-electron chi connectivity index (χ0n) is 16.6. The van der Waals surface area contributed by atoms with Gasteiger partial charge in [0.15, 0.2) is 11.6 Å². The van der Waals surface area contributed by atoms with Crippen molar-refractivity contribution >= 4 is 11.3 Å². The Balaban J connectivity index is 1.37. The molecular weight excluding hydrogens is 382 g/mol. The third-order valence-corrected chi connectivity index (χ3v) is 7.73. The summed E-state index contributed by atoms with van der Waals surface area (Å²) in [7, 11) is 0. The van der Waals surface area contributed by atoms with Gasteiger partial charge in [-0.3, -0.25) is 0 Å². The summed E-state index contributed by atoms with van der Waals surface area (Å²) in [6.07, 6.45) is 10.0. The first-order valence-electron chi connectivity index (χ1n) is 10.9. The third kappa shape index (κ3) is 4.02. The van der Waals surface area contributed by atoms with Crippen LogP contribution < -0.4 is 0 Å². The number of hydrogen-bond acceptors (Lipinski definition) is 1. The van der Waals surface area contributed by atoms with E-state index in [1.54, 1.807) is 23.5 Å². The highest BCUT2D eigenvalue weighted by Crippen LogP contribution is 2.39. The van der Waals surface area contributed by atoms with Gasteiger partial charge in [-0.05, 0) is 66.8 Å². The van der Waals surface area contributed by atoms with Crippen molar-refractivity contribution in [2.75, 3.05) is 0 Å². The van der Waals surface area contributed by atoms with Gasteiger partial charge in [-0.25, -0.2) is 8.78 Å². The Morgan fingerprint density at radius 3 is 2.17 bits per heavy atom. The Morgan fingerprint density at radius 2 is 1.45 bits per heavy atom. The molecule has 150 valence electrons. The molecule has 0 unspecified atom stereocenters. The number of thiophene rings is 1. The summed E-state index contributed by atoms with van der Waals surface area (Å²) in [4.78, 5) is 2.08. The molecule has 2 fully saturated rings. The van der Waals surface area contributed by atoms with E-state index in [0.29, 0.717) is 17.0 Å². The zero-order valence-corrected chi connectivity index (χ0v) is 17.4. The van der Waals surface area contributed by atoms with Gasteiger partial charge in [0.1, 0.15) is 0 Å². The monoisotopic (exact) mass is 408 g/mol. The van der Waals surface area contributed by atoms with Crippen LogP contribution in [0.25, 0.3) is 21.6 Å². The SMILES string of the molecule is Fc1c(-c2ccc(C3CCCC3)cc2)ccc(-c2ccc(CCC3CC3)s2)c1F. The fourth-order valence-electron chi connectivity index (χ4n) is 4.57. The third-order valence-electron chi connectivity index (χ3n) is 6.55. The van der Waals surface area contributed by atoms with Crippen molar-refractivity contribution in [1.29, 1.82) is 0 Å². The smallest absolute Gasteiger partial charge is 0.168 e. The summed E-state index contributed by atoms with van der Waals surface area (Å²) in [5, 5.41) is 0. The minimum Gasteiger partial charge on any atom is -0.203 e. The zero-order chi connectivity index (χ0) is 19.8. The number of benzene rings is 2. The second kappa shape index (κ2) is 8.02. The van der Waals surface area contributed by atoms with Crippen LogP contribution in [-0.2, 0) is 6.42 Å². The molecule has 0 atom stereocenters. The molecule has 3 aromatic rings. The molecule has 29 heavy (non-hydrogen) atoms. The van der Waals surface area contributed by atoms with Crippen LogP contribution in [0.1, 0.15) is 61.3 Å². The van der Waals surface area contributed by atoms with Crippen molar-refractivity contribution in [1.82, 2.24) is 0 Å². The summed E-state index contributed by atoms with van der Waals surface area (Å²) >= 11 is 1.59. The highest BCUT2D eigenvalue weighted by atomic mass is 32.1. The van der Waals surface area contributed by atoms with Gasteiger partial charge < -0.3 is 0 Å². The quantitative estimate of drug-likeness (QED) is 0.384. The van der Waals surface area contributed by atoms with Crippen molar-refractivity contribution in [2.45, 2.75) is 57.3 Å². The standard InChI is InChI=1S/C26H26F2S/c27-25-22(20-10-8-19(9-11-20)18-3-1-2-4-18)14-15-23(26(25)28)24-16-13-21(29-24)12-7-17-5-6-17/h8-11,13-18H,1-7,12H2. The molecule has 2 aliphatic carbocycles. The lowest BCUT2D eigenvalue weighted by Crippen LogP contribution is -1.95. The van der Waals surface area contributed by atoms with Crippen molar-refractivity contribution in [3.63, 3.8) is 0 Å². The van der Waals surface area contributed by atoms with E-state index in [-0.39, 0.29) is 0 Å². The Labute approximate surface area is 175 Å². The maximum absolute atomic E-state index is 14.9. The van der Waals surface area contributed by atoms with Crippen LogP contribution in [0.2, 0.25) is 0 Å². The Bertz CT molecular complexity index is 992. The van der Waals surface area contributed by atoms with Gasteiger partial charge in [0.05, 0.1) is 0 Å². The molecule has 1 aromatic heterocycles. The topological polar surface area (TPSA) is 0 Å². The molecule has 0 aliphatic heterocycles. The maximum atomic E-state index is 14.9. The average Bonchev–Trinajstić information content (AvgIpc) is 3.20. The van der Waals surface area contributed by atoms with Crippen molar-refractivity contribution in [3.8, 4) is 21.6 Å². The second-order valence-corrected chi connectivity index (χ2v) is 9.81. The van der Waals surface area contributed by atoms with Crippen LogP contribution in [0.5, 0.6) is 0 Å². The second-order valence-electron chi connectivity index (χ2n) is 8.64. The lowest BCUT2D eigenvalue weighted by molar-refractivity contribution is 0.514. The average molecular weight is 409 g/mol. The summed E-state index contributed by atoms with van der Waals surface area (Å²) in [5.41, 5.74) is 2.78.